The number of nitro benzene ring substituents is 1. The van der Waals surface area contributed by atoms with Crippen molar-refractivity contribution in [3.05, 3.63) is 87.2 Å². The van der Waals surface area contributed by atoms with Gasteiger partial charge in [-0.3, -0.25) is 10.1 Å². The molecular weight excluding hydrogens is 347 g/mol. The van der Waals surface area contributed by atoms with E-state index in [0.29, 0.717) is 17.1 Å². The molecule has 0 fully saturated rings. The number of nitrogens with one attached hydrogen (secondary N) is 1. The second-order valence-corrected chi connectivity index (χ2v) is 5.86. The van der Waals surface area contributed by atoms with Gasteiger partial charge in [-0.1, -0.05) is 23.7 Å². The molecular formula is C17H14ClFN4O2. The molecule has 1 N–H and O–H groups in total. The highest BCUT2D eigenvalue weighted by atomic mass is 35.5. The second-order valence-electron chi connectivity index (χ2n) is 5.45. The van der Waals surface area contributed by atoms with Crippen LogP contribution in [0.1, 0.15) is 17.4 Å². The molecule has 2 aromatic carbocycles. The zero-order valence-corrected chi connectivity index (χ0v) is 13.9. The van der Waals surface area contributed by atoms with Crippen molar-refractivity contribution < 1.29 is 9.31 Å². The third-order valence-electron chi connectivity index (χ3n) is 3.76. The van der Waals surface area contributed by atoms with Gasteiger partial charge in [-0.2, -0.15) is 0 Å². The maximum Gasteiger partial charge on any atom is 0.271 e. The van der Waals surface area contributed by atoms with E-state index in [1.807, 2.05) is 11.6 Å². The first kappa shape index (κ1) is 16.9. The molecule has 0 bridgehead atoms. The minimum Gasteiger partial charge on any atom is -0.370 e. The molecule has 3 rings (SSSR count). The monoisotopic (exact) mass is 360 g/mol. The predicted molar refractivity (Wildman–Crippen MR) is 93.2 cm³/mol. The molecule has 128 valence electrons. The van der Waals surface area contributed by atoms with Gasteiger partial charge >= 0.3 is 0 Å². The first-order valence-electron chi connectivity index (χ1n) is 7.39. The van der Waals surface area contributed by atoms with Gasteiger partial charge in [0.1, 0.15) is 17.7 Å². The van der Waals surface area contributed by atoms with Crippen LogP contribution in [-0.4, -0.2) is 14.5 Å². The number of non-ortho nitro benzene ring substituents is 1. The zero-order chi connectivity index (χ0) is 18.0. The van der Waals surface area contributed by atoms with Crippen LogP contribution in [-0.2, 0) is 7.05 Å². The van der Waals surface area contributed by atoms with Crippen LogP contribution in [0.4, 0.5) is 15.8 Å². The lowest BCUT2D eigenvalue weighted by Crippen LogP contribution is -2.17. The lowest BCUT2D eigenvalue weighted by Gasteiger charge is -2.21. The minimum atomic E-state index is -0.515. The van der Waals surface area contributed by atoms with Gasteiger partial charge in [0.05, 0.1) is 15.6 Å². The van der Waals surface area contributed by atoms with Gasteiger partial charge in [-0.15, -0.1) is 0 Å². The van der Waals surface area contributed by atoms with Gasteiger partial charge in [0.2, 0.25) is 0 Å². The lowest BCUT2D eigenvalue weighted by atomic mass is 10.1. The van der Waals surface area contributed by atoms with Crippen molar-refractivity contribution in [2.75, 3.05) is 5.32 Å². The van der Waals surface area contributed by atoms with Gasteiger partial charge in [-0.25, -0.2) is 9.37 Å². The molecule has 0 radical (unpaired) electrons. The number of rotatable bonds is 5. The van der Waals surface area contributed by atoms with Crippen LogP contribution in [0.3, 0.4) is 0 Å². The first-order valence-corrected chi connectivity index (χ1v) is 7.76. The molecule has 0 saturated heterocycles. The van der Waals surface area contributed by atoms with E-state index in [-0.39, 0.29) is 16.5 Å². The van der Waals surface area contributed by atoms with Crippen molar-refractivity contribution in [3.8, 4) is 0 Å². The number of anilines is 1. The fourth-order valence-corrected chi connectivity index (χ4v) is 2.76. The molecule has 6 nitrogen and oxygen atoms in total. The maximum absolute atomic E-state index is 13.7. The fraction of sp³-hybridized carbons (Fsp3) is 0.118. The summed E-state index contributed by atoms with van der Waals surface area (Å²) in [5.74, 6) is 0.285. The second kappa shape index (κ2) is 6.90. The Bertz CT molecular complexity index is 929. The van der Waals surface area contributed by atoms with Crippen LogP contribution in [0.25, 0.3) is 0 Å². The van der Waals surface area contributed by atoms with Crippen molar-refractivity contribution in [1.29, 1.82) is 0 Å². The summed E-state index contributed by atoms with van der Waals surface area (Å²) >= 11 is 6.17. The summed E-state index contributed by atoms with van der Waals surface area (Å²) in [5.41, 5.74) is 1.04. The summed E-state index contributed by atoms with van der Waals surface area (Å²) in [6, 6.07) is 9.82. The van der Waals surface area contributed by atoms with Gasteiger partial charge in [0.15, 0.2) is 0 Å². The van der Waals surface area contributed by atoms with Gasteiger partial charge in [0, 0.05) is 31.6 Å². The Balaban J connectivity index is 2.02. The van der Waals surface area contributed by atoms with Crippen molar-refractivity contribution in [2.24, 2.45) is 7.05 Å². The first-order chi connectivity index (χ1) is 12.0. The van der Waals surface area contributed by atoms with Gasteiger partial charge in [-0.05, 0) is 23.8 Å². The molecule has 8 heteroatoms. The average Bonchev–Trinajstić information content (AvgIpc) is 2.99. The Hall–Kier alpha value is -2.93. The van der Waals surface area contributed by atoms with Crippen molar-refractivity contribution in [1.82, 2.24) is 9.55 Å². The summed E-state index contributed by atoms with van der Waals surface area (Å²) in [7, 11) is 1.83. The van der Waals surface area contributed by atoms with Crippen LogP contribution in [0, 0.1) is 15.9 Å². The molecule has 1 aromatic heterocycles. The van der Waals surface area contributed by atoms with Crippen molar-refractivity contribution >= 4 is 23.0 Å². The lowest BCUT2D eigenvalue weighted by molar-refractivity contribution is -0.384. The molecule has 0 aliphatic heterocycles. The van der Waals surface area contributed by atoms with E-state index in [9.17, 15) is 14.5 Å². The Labute approximate surface area is 148 Å². The standard InChI is InChI=1S/C17H14ClFN4O2/c1-22-8-7-20-17(22)16(11-3-2-4-12(19)9-11)21-15-6-5-13(23(24)25)10-14(15)18/h2-10,16,21H,1H3/t16-/m0/s1. The number of imidazole rings is 1. The molecule has 0 unspecified atom stereocenters. The number of hydrogen-bond acceptors (Lipinski definition) is 4. The summed E-state index contributed by atoms with van der Waals surface area (Å²) in [6.07, 6.45) is 3.42. The van der Waals surface area contributed by atoms with Crippen molar-refractivity contribution in [2.45, 2.75) is 6.04 Å². The van der Waals surface area contributed by atoms with Crippen LogP contribution < -0.4 is 5.32 Å². The van der Waals surface area contributed by atoms with Crippen LogP contribution in [0.2, 0.25) is 5.02 Å². The minimum absolute atomic E-state index is 0.102. The number of hydrogen-bond donors (Lipinski definition) is 1. The van der Waals surface area contributed by atoms with Crippen LogP contribution >= 0.6 is 11.6 Å². The number of benzene rings is 2. The van der Waals surface area contributed by atoms with E-state index in [2.05, 4.69) is 10.3 Å². The zero-order valence-electron chi connectivity index (χ0n) is 13.2. The fourth-order valence-electron chi connectivity index (χ4n) is 2.53. The van der Waals surface area contributed by atoms with E-state index < -0.39 is 11.0 Å². The molecule has 3 aromatic rings. The highest BCUT2D eigenvalue weighted by Crippen LogP contribution is 2.32. The van der Waals surface area contributed by atoms with E-state index in [1.54, 1.807) is 24.5 Å². The quantitative estimate of drug-likeness (QED) is 0.543. The van der Waals surface area contributed by atoms with Crippen molar-refractivity contribution in [3.63, 3.8) is 0 Å². The number of nitro groups is 1. The normalized spacial score (nSPS) is 12.0. The van der Waals surface area contributed by atoms with E-state index >= 15 is 0 Å². The highest BCUT2D eigenvalue weighted by molar-refractivity contribution is 6.33. The number of aromatic nitrogens is 2. The average molecular weight is 361 g/mol. The Morgan fingerprint density at radius 1 is 1.32 bits per heavy atom. The largest absolute Gasteiger partial charge is 0.370 e. The third-order valence-corrected chi connectivity index (χ3v) is 4.07. The summed E-state index contributed by atoms with van der Waals surface area (Å²) in [4.78, 5) is 14.7. The molecule has 0 aliphatic carbocycles. The molecule has 0 amide bonds. The number of nitrogens with zero attached hydrogens (tertiary/aromatic N) is 3. The van der Waals surface area contributed by atoms with Gasteiger partial charge in [0.25, 0.3) is 5.69 Å². The molecule has 1 atom stereocenters. The van der Waals surface area contributed by atoms with Crippen LogP contribution in [0.15, 0.2) is 54.9 Å². The Morgan fingerprint density at radius 2 is 2.12 bits per heavy atom. The highest BCUT2D eigenvalue weighted by Gasteiger charge is 2.20. The van der Waals surface area contributed by atoms with Crippen LogP contribution in [0.5, 0.6) is 0 Å². The Morgan fingerprint density at radius 3 is 2.72 bits per heavy atom. The summed E-state index contributed by atoms with van der Waals surface area (Å²) in [6.45, 7) is 0. The Kier molecular flexibility index (Phi) is 4.67. The summed E-state index contributed by atoms with van der Waals surface area (Å²) < 4.78 is 15.5. The third kappa shape index (κ3) is 3.61. The number of aryl methyl sites for hydroxylation is 1. The summed E-state index contributed by atoms with van der Waals surface area (Å²) in [5, 5.41) is 14.2. The van der Waals surface area contributed by atoms with E-state index in [0.717, 1.165) is 0 Å². The van der Waals surface area contributed by atoms with E-state index in [4.69, 9.17) is 11.6 Å². The SMILES string of the molecule is Cn1ccnc1[C@@H](Nc1ccc([N+](=O)[O-])cc1Cl)c1cccc(F)c1. The van der Waals surface area contributed by atoms with Gasteiger partial charge < -0.3 is 9.88 Å². The molecule has 1 heterocycles. The van der Waals surface area contributed by atoms with E-state index in [1.165, 1.54) is 30.3 Å². The topological polar surface area (TPSA) is 73.0 Å². The molecule has 0 saturated carbocycles. The predicted octanol–water partition coefficient (Wildman–Crippen LogP) is 4.32. The molecule has 0 aliphatic rings. The smallest absolute Gasteiger partial charge is 0.271 e. The molecule has 25 heavy (non-hydrogen) atoms. The number of halogens is 2. The maximum atomic E-state index is 13.7. The molecule has 0 spiro atoms.